The standard InChI is InChI=1S/C23H29NO4/c1-14-7-8-15(2)21(11-14)27-16(3)22(25)24-19-13-23(4,5)28-20-10-9-17(26-6)12-18(19)20/h7-12,16,19H,13H2,1-6H3,(H,24,25). The quantitative estimate of drug-likeness (QED) is 0.826. The van der Waals surface area contributed by atoms with Crippen LogP contribution in [0.5, 0.6) is 17.2 Å². The van der Waals surface area contributed by atoms with E-state index < -0.39 is 6.10 Å². The topological polar surface area (TPSA) is 56.8 Å². The van der Waals surface area contributed by atoms with Crippen molar-refractivity contribution >= 4 is 5.91 Å². The van der Waals surface area contributed by atoms with Gasteiger partial charge in [-0.2, -0.15) is 0 Å². The van der Waals surface area contributed by atoms with Crippen molar-refractivity contribution in [2.24, 2.45) is 0 Å². The molecule has 2 aromatic rings. The molecule has 0 aromatic heterocycles. The number of hydrogen-bond acceptors (Lipinski definition) is 4. The van der Waals surface area contributed by atoms with Crippen LogP contribution in [-0.4, -0.2) is 24.7 Å². The van der Waals surface area contributed by atoms with Gasteiger partial charge in [0.1, 0.15) is 22.8 Å². The molecule has 1 aliphatic rings. The van der Waals surface area contributed by atoms with Gasteiger partial charge in [0.25, 0.3) is 5.91 Å². The van der Waals surface area contributed by atoms with E-state index in [1.54, 1.807) is 14.0 Å². The lowest BCUT2D eigenvalue weighted by molar-refractivity contribution is -0.128. The normalized spacial score (nSPS) is 18.4. The Hall–Kier alpha value is -2.69. The number of fused-ring (bicyclic) bond motifs is 1. The number of hydrogen-bond donors (Lipinski definition) is 1. The van der Waals surface area contributed by atoms with Crippen molar-refractivity contribution in [2.45, 2.75) is 58.8 Å². The molecule has 1 amide bonds. The molecule has 0 fully saturated rings. The summed E-state index contributed by atoms with van der Waals surface area (Å²) in [6.07, 6.45) is 0.0512. The van der Waals surface area contributed by atoms with E-state index in [4.69, 9.17) is 14.2 Å². The summed E-state index contributed by atoms with van der Waals surface area (Å²) in [5.74, 6) is 2.08. The Morgan fingerprint density at radius 2 is 1.96 bits per heavy atom. The molecule has 2 aromatic carbocycles. The van der Waals surface area contributed by atoms with Gasteiger partial charge in [0.05, 0.1) is 13.2 Å². The highest BCUT2D eigenvalue weighted by Gasteiger charge is 2.35. The number of benzene rings is 2. The summed E-state index contributed by atoms with van der Waals surface area (Å²) in [6, 6.07) is 11.5. The van der Waals surface area contributed by atoms with Crippen molar-refractivity contribution < 1.29 is 19.0 Å². The Balaban J connectivity index is 1.78. The SMILES string of the molecule is COc1ccc2c(c1)C(NC(=O)C(C)Oc1cc(C)ccc1C)CC(C)(C)O2. The van der Waals surface area contributed by atoms with Crippen LogP contribution < -0.4 is 19.5 Å². The minimum atomic E-state index is -0.611. The molecular weight excluding hydrogens is 354 g/mol. The summed E-state index contributed by atoms with van der Waals surface area (Å²) < 4.78 is 17.4. The first-order chi connectivity index (χ1) is 13.2. The summed E-state index contributed by atoms with van der Waals surface area (Å²) in [5.41, 5.74) is 2.65. The monoisotopic (exact) mass is 383 g/mol. The maximum Gasteiger partial charge on any atom is 0.261 e. The van der Waals surface area contributed by atoms with Crippen LogP contribution in [0.25, 0.3) is 0 Å². The summed E-state index contributed by atoms with van der Waals surface area (Å²) in [4.78, 5) is 12.9. The highest BCUT2D eigenvalue weighted by Crippen LogP contribution is 2.41. The van der Waals surface area contributed by atoms with Gasteiger partial charge in [0.15, 0.2) is 6.10 Å². The molecule has 3 rings (SSSR count). The zero-order valence-electron chi connectivity index (χ0n) is 17.5. The maximum absolute atomic E-state index is 12.9. The Morgan fingerprint density at radius 3 is 2.68 bits per heavy atom. The van der Waals surface area contributed by atoms with E-state index in [1.807, 2.05) is 64.1 Å². The molecule has 5 heteroatoms. The molecule has 1 N–H and O–H groups in total. The average molecular weight is 383 g/mol. The predicted octanol–water partition coefficient (Wildman–Crippen LogP) is 4.50. The largest absolute Gasteiger partial charge is 0.497 e. The molecule has 0 aliphatic carbocycles. The van der Waals surface area contributed by atoms with Crippen LogP contribution in [0.15, 0.2) is 36.4 Å². The number of rotatable bonds is 5. The third kappa shape index (κ3) is 4.41. The summed E-state index contributed by atoms with van der Waals surface area (Å²) in [5, 5.41) is 3.14. The molecule has 0 radical (unpaired) electrons. The zero-order chi connectivity index (χ0) is 20.5. The molecule has 1 aliphatic heterocycles. The van der Waals surface area contributed by atoms with Crippen LogP contribution in [0.3, 0.4) is 0 Å². The van der Waals surface area contributed by atoms with Crippen molar-refractivity contribution in [3.05, 3.63) is 53.1 Å². The fourth-order valence-corrected chi connectivity index (χ4v) is 3.46. The molecule has 2 unspecified atom stereocenters. The number of methoxy groups -OCH3 is 1. The molecule has 28 heavy (non-hydrogen) atoms. The number of amides is 1. The predicted molar refractivity (Wildman–Crippen MR) is 109 cm³/mol. The van der Waals surface area contributed by atoms with Crippen LogP contribution in [-0.2, 0) is 4.79 Å². The lowest BCUT2D eigenvalue weighted by Gasteiger charge is -2.38. The van der Waals surface area contributed by atoms with Gasteiger partial charge in [-0.3, -0.25) is 4.79 Å². The minimum Gasteiger partial charge on any atom is -0.497 e. The molecule has 150 valence electrons. The molecule has 0 spiro atoms. The highest BCUT2D eigenvalue weighted by atomic mass is 16.5. The molecule has 2 atom stereocenters. The second kappa shape index (κ2) is 7.74. The van der Waals surface area contributed by atoms with Crippen LogP contribution >= 0.6 is 0 Å². The van der Waals surface area contributed by atoms with E-state index >= 15 is 0 Å². The van der Waals surface area contributed by atoms with Gasteiger partial charge < -0.3 is 19.5 Å². The second-order valence-corrected chi connectivity index (χ2v) is 8.06. The molecule has 0 bridgehead atoms. The smallest absolute Gasteiger partial charge is 0.261 e. The van der Waals surface area contributed by atoms with E-state index in [2.05, 4.69) is 5.32 Å². The fraction of sp³-hybridized carbons (Fsp3) is 0.435. The van der Waals surface area contributed by atoms with Gasteiger partial charge in [0, 0.05) is 12.0 Å². The van der Waals surface area contributed by atoms with Crippen molar-refractivity contribution in [1.82, 2.24) is 5.32 Å². The summed E-state index contributed by atoms with van der Waals surface area (Å²) >= 11 is 0. The first-order valence-corrected chi connectivity index (χ1v) is 9.60. The van der Waals surface area contributed by atoms with E-state index in [0.29, 0.717) is 6.42 Å². The van der Waals surface area contributed by atoms with Crippen molar-refractivity contribution in [1.29, 1.82) is 0 Å². The third-order valence-electron chi connectivity index (χ3n) is 5.01. The maximum atomic E-state index is 12.9. The van der Waals surface area contributed by atoms with Crippen LogP contribution in [0.1, 0.15) is 49.9 Å². The average Bonchev–Trinajstić information content (AvgIpc) is 2.63. The van der Waals surface area contributed by atoms with E-state index in [1.165, 1.54) is 0 Å². The van der Waals surface area contributed by atoms with Crippen LogP contribution in [0.4, 0.5) is 0 Å². The number of carbonyl (C=O) groups excluding carboxylic acids is 1. The highest BCUT2D eigenvalue weighted by molar-refractivity contribution is 5.81. The summed E-state index contributed by atoms with van der Waals surface area (Å²) in [7, 11) is 1.63. The Morgan fingerprint density at radius 1 is 1.21 bits per heavy atom. The van der Waals surface area contributed by atoms with Crippen molar-refractivity contribution in [2.75, 3.05) is 7.11 Å². The van der Waals surface area contributed by atoms with Crippen molar-refractivity contribution in [3.63, 3.8) is 0 Å². The number of ether oxygens (including phenoxy) is 3. The van der Waals surface area contributed by atoms with Crippen molar-refractivity contribution in [3.8, 4) is 17.2 Å². The van der Waals surface area contributed by atoms with Gasteiger partial charge >= 0.3 is 0 Å². The first kappa shape index (κ1) is 20.1. The molecule has 1 heterocycles. The minimum absolute atomic E-state index is 0.155. The van der Waals surface area contributed by atoms with Gasteiger partial charge in [0.2, 0.25) is 0 Å². The van der Waals surface area contributed by atoms with E-state index in [-0.39, 0.29) is 17.6 Å². The van der Waals surface area contributed by atoms with Crippen LogP contribution in [0, 0.1) is 13.8 Å². The third-order valence-corrected chi connectivity index (χ3v) is 5.01. The van der Waals surface area contributed by atoms with Gasteiger partial charge in [-0.05, 0) is 70.0 Å². The molecule has 0 saturated heterocycles. The second-order valence-electron chi connectivity index (χ2n) is 8.06. The lowest BCUT2D eigenvalue weighted by atomic mass is 9.89. The molecule has 5 nitrogen and oxygen atoms in total. The number of aryl methyl sites for hydroxylation is 2. The molecular formula is C23H29NO4. The number of carbonyl (C=O) groups is 1. The zero-order valence-corrected chi connectivity index (χ0v) is 17.5. The van der Waals surface area contributed by atoms with E-state index in [0.717, 1.165) is 33.9 Å². The van der Waals surface area contributed by atoms with Gasteiger partial charge in [-0.25, -0.2) is 0 Å². The van der Waals surface area contributed by atoms with Crippen LogP contribution in [0.2, 0.25) is 0 Å². The van der Waals surface area contributed by atoms with E-state index in [9.17, 15) is 4.79 Å². The first-order valence-electron chi connectivity index (χ1n) is 9.60. The molecule has 0 saturated carbocycles. The lowest BCUT2D eigenvalue weighted by Crippen LogP contribution is -2.44. The summed E-state index contributed by atoms with van der Waals surface area (Å²) in [6.45, 7) is 9.80. The Bertz CT molecular complexity index is 875. The Kier molecular flexibility index (Phi) is 5.54. The van der Waals surface area contributed by atoms with Gasteiger partial charge in [-0.15, -0.1) is 0 Å². The Labute approximate surface area is 167 Å². The fourth-order valence-electron chi connectivity index (χ4n) is 3.46. The number of nitrogens with one attached hydrogen (secondary N) is 1. The van der Waals surface area contributed by atoms with Gasteiger partial charge in [-0.1, -0.05) is 12.1 Å².